The Balaban J connectivity index is 2.03. The van der Waals surface area contributed by atoms with Crippen molar-refractivity contribution < 1.29 is 15.0 Å². The summed E-state index contributed by atoms with van der Waals surface area (Å²) in [5.41, 5.74) is 1.06. The number of halogens is 1. The number of nitrogens with one attached hydrogen (secondary N) is 1. The molecular weight excluding hydrogens is 266 g/mol. The second-order valence-corrected chi connectivity index (χ2v) is 4.43. The summed E-state index contributed by atoms with van der Waals surface area (Å²) in [6, 6.07) is 11.0. The normalized spacial score (nSPS) is 10.2. The molecule has 0 radical (unpaired) electrons. The highest BCUT2D eigenvalue weighted by molar-refractivity contribution is 6.30. The zero-order valence-electron chi connectivity index (χ0n) is 9.93. The van der Waals surface area contributed by atoms with Gasteiger partial charge < -0.3 is 15.5 Å². The van der Waals surface area contributed by atoms with Crippen molar-refractivity contribution in [2.45, 2.75) is 0 Å². The first-order valence-corrected chi connectivity index (χ1v) is 5.98. The number of Topliss-reactive ketones (excluding diaryl/α,β-unsaturated/α-hetero) is 1. The van der Waals surface area contributed by atoms with Crippen molar-refractivity contribution in [2.24, 2.45) is 0 Å². The van der Waals surface area contributed by atoms with Crippen molar-refractivity contribution in [3.8, 4) is 11.5 Å². The van der Waals surface area contributed by atoms with Crippen molar-refractivity contribution in [3.05, 3.63) is 53.1 Å². The molecule has 0 aliphatic rings. The summed E-state index contributed by atoms with van der Waals surface area (Å²) in [6.45, 7) is 0.0740. The molecule has 98 valence electrons. The minimum absolute atomic E-state index is 0.0740. The molecule has 19 heavy (non-hydrogen) atoms. The Bertz CT molecular complexity index is 613. The van der Waals surface area contributed by atoms with E-state index in [0.717, 1.165) is 5.69 Å². The number of ketones is 1. The zero-order chi connectivity index (χ0) is 13.8. The number of phenolic OH excluding ortho intramolecular Hbond substituents is 2. The number of carbonyl (C=O) groups is 1. The number of benzene rings is 2. The molecule has 0 spiro atoms. The van der Waals surface area contributed by atoms with Crippen LogP contribution in [-0.2, 0) is 0 Å². The van der Waals surface area contributed by atoms with Crippen LogP contribution in [0.1, 0.15) is 10.4 Å². The molecule has 0 amide bonds. The predicted molar refractivity (Wildman–Crippen MR) is 74.0 cm³/mol. The van der Waals surface area contributed by atoms with Gasteiger partial charge in [-0.1, -0.05) is 17.7 Å². The maximum atomic E-state index is 11.9. The largest absolute Gasteiger partial charge is 0.504 e. The molecule has 0 saturated carbocycles. The van der Waals surface area contributed by atoms with Crippen LogP contribution in [0.4, 0.5) is 5.69 Å². The molecule has 0 aliphatic carbocycles. The standard InChI is InChI=1S/C14H12ClNO3/c15-10-2-1-3-11(7-10)16-8-14(19)9-4-5-12(17)13(18)6-9/h1-7,16-18H,8H2. The molecule has 0 fully saturated rings. The van der Waals surface area contributed by atoms with E-state index in [-0.39, 0.29) is 23.8 Å². The average Bonchev–Trinajstić information content (AvgIpc) is 2.39. The van der Waals surface area contributed by atoms with E-state index >= 15 is 0 Å². The smallest absolute Gasteiger partial charge is 0.181 e. The number of anilines is 1. The molecule has 0 aliphatic heterocycles. The highest BCUT2D eigenvalue weighted by atomic mass is 35.5. The topological polar surface area (TPSA) is 69.6 Å². The number of aromatic hydroxyl groups is 2. The van der Waals surface area contributed by atoms with Gasteiger partial charge in [0.05, 0.1) is 6.54 Å². The van der Waals surface area contributed by atoms with E-state index in [9.17, 15) is 15.0 Å². The maximum Gasteiger partial charge on any atom is 0.181 e. The molecule has 0 bridgehead atoms. The molecule has 2 aromatic rings. The Hall–Kier alpha value is -2.20. The first-order chi connectivity index (χ1) is 9.06. The van der Waals surface area contributed by atoms with E-state index in [4.69, 9.17) is 11.6 Å². The SMILES string of the molecule is O=C(CNc1cccc(Cl)c1)c1ccc(O)c(O)c1. The monoisotopic (exact) mass is 277 g/mol. The van der Waals surface area contributed by atoms with Gasteiger partial charge in [-0.3, -0.25) is 4.79 Å². The van der Waals surface area contributed by atoms with E-state index in [1.165, 1.54) is 18.2 Å². The van der Waals surface area contributed by atoms with Gasteiger partial charge in [-0.25, -0.2) is 0 Å². The maximum absolute atomic E-state index is 11.9. The van der Waals surface area contributed by atoms with Crippen LogP contribution in [0.3, 0.4) is 0 Å². The van der Waals surface area contributed by atoms with Gasteiger partial charge in [-0.05, 0) is 36.4 Å². The van der Waals surface area contributed by atoms with Gasteiger partial charge in [0.25, 0.3) is 0 Å². The summed E-state index contributed by atoms with van der Waals surface area (Å²) in [4.78, 5) is 11.9. The summed E-state index contributed by atoms with van der Waals surface area (Å²) in [5, 5.41) is 22.0. The number of phenols is 2. The first-order valence-electron chi connectivity index (χ1n) is 5.61. The van der Waals surface area contributed by atoms with E-state index in [2.05, 4.69) is 5.32 Å². The molecule has 0 atom stereocenters. The Kier molecular flexibility index (Phi) is 3.92. The quantitative estimate of drug-likeness (QED) is 0.593. The van der Waals surface area contributed by atoms with Gasteiger partial charge in [0, 0.05) is 16.3 Å². The molecule has 3 N–H and O–H groups in total. The summed E-state index contributed by atoms with van der Waals surface area (Å²) in [7, 11) is 0. The fourth-order valence-corrected chi connectivity index (χ4v) is 1.77. The zero-order valence-corrected chi connectivity index (χ0v) is 10.7. The molecule has 2 rings (SSSR count). The van der Waals surface area contributed by atoms with Crippen LogP contribution in [0.15, 0.2) is 42.5 Å². The van der Waals surface area contributed by atoms with Crippen molar-refractivity contribution in [1.29, 1.82) is 0 Å². The van der Waals surface area contributed by atoms with Gasteiger partial charge in [0.2, 0.25) is 0 Å². The lowest BCUT2D eigenvalue weighted by Crippen LogP contribution is -2.13. The second-order valence-electron chi connectivity index (χ2n) is 3.99. The fraction of sp³-hybridized carbons (Fsp3) is 0.0714. The van der Waals surface area contributed by atoms with Crippen LogP contribution >= 0.6 is 11.6 Å². The van der Waals surface area contributed by atoms with Crippen LogP contribution in [0.5, 0.6) is 11.5 Å². The van der Waals surface area contributed by atoms with Crippen LogP contribution in [-0.4, -0.2) is 22.5 Å². The van der Waals surface area contributed by atoms with Crippen LogP contribution in [0.25, 0.3) is 0 Å². The number of carbonyl (C=O) groups excluding carboxylic acids is 1. The van der Waals surface area contributed by atoms with Gasteiger partial charge >= 0.3 is 0 Å². The lowest BCUT2D eigenvalue weighted by Gasteiger charge is -2.07. The number of rotatable bonds is 4. The minimum Gasteiger partial charge on any atom is -0.504 e. The Morgan fingerprint density at radius 2 is 1.89 bits per heavy atom. The molecule has 0 aromatic heterocycles. The Morgan fingerprint density at radius 3 is 2.58 bits per heavy atom. The predicted octanol–water partition coefficient (Wildman–Crippen LogP) is 3.05. The van der Waals surface area contributed by atoms with Gasteiger partial charge in [-0.15, -0.1) is 0 Å². The molecular formula is C14H12ClNO3. The number of hydrogen-bond donors (Lipinski definition) is 3. The second kappa shape index (κ2) is 5.63. The lowest BCUT2D eigenvalue weighted by molar-refractivity contribution is 0.101. The molecule has 4 nitrogen and oxygen atoms in total. The average molecular weight is 278 g/mol. The minimum atomic E-state index is -0.311. The van der Waals surface area contributed by atoms with Crippen molar-refractivity contribution in [1.82, 2.24) is 0 Å². The van der Waals surface area contributed by atoms with Crippen molar-refractivity contribution in [2.75, 3.05) is 11.9 Å². The van der Waals surface area contributed by atoms with Crippen LogP contribution < -0.4 is 5.32 Å². The Labute approximate surface area is 115 Å². The molecule has 0 saturated heterocycles. The van der Waals surface area contributed by atoms with Gasteiger partial charge in [0.1, 0.15) is 0 Å². The van der Waals surface area contributed by atoms with Crippen LogP contribution in [0, 0.1) is 0 Å². The number of hydrogen-bond acceptors (Lipinski definition) is 4. The lowest BCUT2D eigenvalue weighted by atomic mass is 10.1. The van der Waals surface area contributed by atoms with Gasteiger partial charge in [-0.2, -0.15) is 0 Å². The third kappa shape index (κ3) is 3.39. The van der Waals surface area contributed by atoms with E-state index in [1.54, 1.807) is 24.3 Å². The first kappa shape index (κ1) is 13.2. The summed E-state index contributed by atoms with van der Waals surface area (Å²) >= 11 is 5.83. The van der Waals surface area contributed by atoms with Crippen LogP contribution in [0.2, 0.25) is 5.02 Å². The highest BCUT2D eigenvalue weighted by Gasteiger charge is 2.08. The van der Waals surface area contributed by atoms with Crippen molar-refractivity contribution in [3.63, 3.8) is 0 Å². The third-order valence-electron chi connectivity index (χ3n) is 2.58. The highest BCUT2D eigenvalue weighted by Crippen LogP contribution is 2.25. The molecule has 2 aromatic carbocycles. The summed E-state index contributed by atoms with van der Waals surface area (Å²) in [5.74, 6) is -0.761. The molecule has 0 heterocycles. The van der Waals surface area contributed by atoms with Crippen molar-refractivity contribution >= 4 is 23.1 Å². The van der Waals surface area contributed by atoms with E-state index < -0.39 is 0 Å². The van der Waals surface area contributed by atoms with E-state index in [0.29, 0.717) is 10.6 Å². The van der Waals surface area contributed by atoms with Gasteiger partial charge in [0.15, 0.2) is 17.3 Å². The summed E-state index contributed by atoms with van der Waals surface area (Å²) in [6.07, 6.45) is 0. The molecule has 5 heteroatoms. The summed E-state index contributed by atoms with van der Waals surface area (Å²) < 4.78 is 0. The Morgan fingerprint density at radius 1 is 1.11 bits per heavy atom. The third-order valence-corrected chi connectivity index (χ3v) is 2.81. The molecule has 0 unspecified atom stereocenters. The van der Waals surface area contributed by atoms with E-state index in [1.807, 2.05) is 0 Å². The fourth-order valence-electron chi connectivity index (χ4n) is 1.58.